The molecule has 0 aliphatic heterocycles. The van der Waals surface area contributed by atoms with E-state index in [1.807, 2.05) is 6.92 Å². The quantitative estimate of drug-likeness (QED) is 0.194. The van der Waals surface area contributed by atoms with Crippen LogP contribution in [0.3, 0.4) is 0 Å². The zero-order valence-corrected chi connectivity index (χ0v) is 31.1. The molecule has 0 unspecified atom stereocenters. The molecule has 3 atom stereocenters. The highest BCUT2D eigenvalue weighted by Crippen LogP contribution is 2.38. The summed E-state index contributed by atoms with van der Waals surface area (Å²) in [6.45, 7) is 17.6. The molecule has 256 valence electrons. The number of amides is 2. The molecule has 0 aliphatic carbocycles. The van der Waals surface area contributed by atoms with Gasteiger partial charge in [0.05, 0.1) is 5.69 Å². The zero-order chi connectivity index (χ0) is 35.3. The third-order valence-electron chi connectivity index (χ3n) is 7.20. The number of anilines is 1. The molecule has 2 amide bonds. The smallest absolute Gasteiger partial charge is 0.408 e. The van der Waals surface area contributed by atoms with E-state index < -0.39 is 65.6 Å². The van der Waals surface area contributed by atoms with Gasteiger partial charge in [0.15, 0.2) is 20.2 Å². The van der Waals surface area contributed by atoms with Crippen LogP contribution < -0.4 is 15.8 Å². The van der Waals surface area contributed by atoms with E-state index in [0.717, 1.165) is 17.7 Å². The molecular formula is C31H45BrFN3O8SSi. The molecule has 11 nitrogen and oxygen atoms in total. The molecule has 2 aromatic rings. The molecule has 0 aromatic heterocycles. The molecule has 0 spiro atoms. The first kappa shape index (κ1) is 39.2. The average molecular weight is 747 g/mol. The Bertz CT molecular complexity index is 1530. The molecule has 46 heavy (non-hydrogen) atoms. The maximum atomic E-state index is 14.1. The molecule has 2 aromatic carbocycles. The summed E-state index contributed by atoms with van der Waals surface area (Å²) in [5.41, 5.74) is 5.25. The highest BCUT2D eigenvalue weighted by atomic mass is 79.9. The van der Waals surface area contributed by atoms with Crippen molar-refractivity contribution in [3.05, 3.63) is 63.9 Å². The third-order valence-corrected chi connectivity index (χ3v) is 13.7. The standard InChI is InChI=1S/C31H45BrFN3O8SSi/c1-19(44-46(8,9)31(5,6)7)15-20-13-14-24(23(32)16-20)36-45(40,41)18-25(37)26(35-29(39)43-30(2,3)4)27(42-28(34)38)21-11-10-12-22(33)17-21/h10-14,16-17,19,26-27,36H,15,18H2,1-9H3,(H2,34,38)(H,35,39)/t19-,26+,27-/m0/s1. The van der Waals surface area contributed by atoms with Gasteiger partial charge in [0.1, 0.15) is 23.2 Å². The number of carbonyl (C=O) groups is 3. The largest absolute Gasteiger partial charge is 0.444 e. The number of rotatable bonds is 13. The summed E-state index contributed by atoms with van der Waals surface area (Å²) in [4.78, 5) is 38.0. The maximum absolute atomic E-state index is 14.1. The van der Waals surface area contributed by atoms with Crippen molar-refractivity contribution >= 4 is 57.9 Å². The Hall–Kier alpha value is -3.01. The summed E-state index contributed by atoms with van der Waals surface area (Å²) in [7, 11) is -6.38. The van der Waals surface area contributed by atoms with E-state index in [1.54, 1.807) is 39.0 Å². The fraction of sp³-hybridized carbons (Fsp3) is 0.516. The molecule has 0 fully saturated rings. The van der Waals surface area contributed by atoms with Crippen LogP contribution in [-0.4, -0.2) is 58.2 Å². The number of hydrogen-bond donors (Lipinski definition) is 3. The Labute approximate surface area is 280 Å². The molecule has 0 heterocycles. The van der Waals surface area contributed by atoms with Crippen LogP contribution in [0.4, 0.5) is 19.7 Å². The van der Waals surface area contributed by atoms with E-state index in [4.69, 9.17) is 19.6 Å². The maximum Gasteiger partial charge on any atom is 0.408 e. The number of Topliss-reactive ketones (excluding diaryl/α,β-unsaturated/α-hetero) is 1. The summed E-state index contributed by atoms with van der Waals surface area (Å²) in [6, 6.07) is 7.96. The van der Waals surface area contributed by atoms with Crippen LogP contribution in [0.5, 0.6) is 0 Å². The van der Waals surface area contributed by atoms with Crippen molar-refractivity contribution in [3.63, 3.8) is 0 Å². The van der Waals surface area contributed by atoms with Crippen LogP contribution in [0.2, 0.25) is 18.1 Å². The Morgan fingerprint density at radius 2 is 1.67 bits per heavy atom. The molecule has 0 bridgehead atoms. The van der Waals surface area contributed by atoms with Gasteiger partial charge in [-0.1, -0.05) is 39.0 Å². The van der Waals surface area contributed by atoms with Crippen LogP contribution in [0, 0.1) is 5.82 Å². The number of ether oxygens (including phenoxy) is 2. The molecule has 0 radical (unpaired) electrons. The second-order valence-electron chi connectivity index (χ2n) is 13.6. The van der Waals surface area contributed by atoms with Gasteiger partial charge in [-0.05, 0) is 104 Å². The van der Waals surface area contributed by atoms with Crippen LogP contribution in [-0.2, 0) is 35.1 Å². The SMILES string of the molecule is C[C@@H](Cc1ccc(NS(=O)(=O)CC(=O)[C@@H](NC(=O)OC(C)(C)C)[C@@H](OC(N)=O)c2cccc(F)c2)c(Br)c1)O[Si](C)(C)C(C)(C)C. The van der Waals surface area contributed by atoms with E-state index in [-0.39, 0.29) is 22.4 Å². The van der Waals surface area contributed by atoms with Gasteiger partial charge in [-0.15, -0.1) is 0 Å². The van der Waals surface area contributed by atoms with E-state index >= 15 is 0 Å². The van der Waals surface area contributed by atoms with E-state index in [1.165, 1.54) is 12.1 Å². The minimum absolute atomic E-state index is 0.0477. The van der Waals surface area contributed by atoms with Gasteiger partial charge in [-0.3, -0.25) is 9.52 Å². The topological polar surface area (TPSA) is 163 Å². The second kappa shape index (κ2) is 15.3. The Morgan fingerprint density at radius 3 is 2.20 bits per heavy atom. The van der Waals surface area contributed by atoms with Crippen LogP contribution >= 0.6 is 15.9 Å². The third kappa shape index (κ3) is 12.3. The Kier molecular flexibility index (Phi) is 13.0. The van der Waals surface area contributed by atoms with Gasteiger partial charge in [0, 0.05) is 10.6 Å². The highest BCUT2D eigenvalue weighted by molar-refractivity contribution is 9.10. The van der Waals surface area contributed by atoms with Gasteiger partial charge in [0.25, 0.3) is 0 Å². The summed E-state index contributed by atoms with van der Waals surface area (Å²) in [6.07, 6.45) is -3.60. The number of nitrogens with one attached hydrogen (secondary N) is 2. The normalized spacial score (nSPS) is 14.5. The minimum Gasteiger partial charge on any atom is -0.444 e. The van der Waals surface area contributed by atoms with Gasteiger partial charge in [0.2, 0.25) is 10.0 Å². The number of sulfonamides is 1. The average Bonchev–Trinajstić information content (AvgIpc) is 2.85. The van der Waals surface area contributed by atoms with Crippen molar-refractivity contribution in [2.75, 3.05) is 10.5 Å². The summed E-state index contributed by atoms with van der Waals surface area (Å²) < 4.78 is 60.1. The fourth-order valence-electron chi connectivity index (χ4n) is 4.20. The van der Waals surface area contributed by atoms with E-state index in [9.17, 15) is 27.2 Å². The summed E-state index contributed by atoms with van der Waals surface area (Å²) >= 11 is 3.40. The van der Waals surface area contributed by atoms with Crippen molar-refractivity contribution in [1.29, 1.82) is 0 Å². The number of nitrogens with two attached hydrogens (primary N) is 1. The number of ketones is 1. The lowest BCUT2D eigenvalue weighted by molar-refractivity contribution is -0.121. The number of benzene rings is 2. The van der Waals surface area contributed by atoms with Gasteiger partial charge in [-0.2, -0.15) is 0 Å². The highest BCUT2D eigenvalue weighted by Gasteiger charge is 2.39. The van der Waals surface area contributed by atoms with Gasteiger partial charge >= 0.3 is 12.2 Å². The van der Waals surface area contributed by atoms with Crippen molar-refractivity contribution < 1.29 is 41.1 Å². The van der Waals surface area contributed by atoms with Crippen molar-refractivity contribution in [2.24, 2.45) is 5.73 Å². The summed E-state index contributed by atoms with van der Waals surface area (Å²) in [5, 5.41) is 2.32. The van der Waals surface area contributed by atoms with Crippen LogP contribution in [0.15, 0.2) is 46.9 Å². The lowest BCUT2D eigenvalue weighted by Crippen LogP contribution is -2.50. The number of alkyl carbamates (subject to hydrolysis) is 1. The predicted molar refractivity (Wildman–Crippen MR) is 181 cm³/mol. The van der Waals surface area contributed by atoms with E-state index in [0.29, 0.717) is 10.9 Å². The molecule has 0 saturated heterocycles. The van der Waals surface area contributed by atoms with Crippen molar-refractivity contribution in [3.8, 4) is 0 Å². The van der Waals surface area contributed by atoms with Crippen molar-refractivity contribution in [1.82, 2.24) is 5.32 Å². The first-order chi connectivity index (χ1) is 20.9. The molecule has 15 heteroatoms. The van der Waals surface area contributed by atoms with Crippen LogP contribution in [0.1, 0.15) is 65.7 Å². The van der Waals surface area contributed by atoms with Gasteiger partial charge < -0.3 is 25.0 Å². The molecule has 0 aliphatic rings. The molecule has 2 rings (SSSR count). The Morgan fingerprint density at radius 1 is 1.04 bits per heavy atom. The van der Waals surface area contributed by atoms with Gasteiger partial charge in [-0.25, -0.2) is 22.4 Å². The first-order valence-corrected chi connectivity index (χ1v) is 19.9. The number of hydrogen-bond acceptors (Lipinski definition) is 8. The summed E-state index contributed by atoms with van der Waals surface area (Å²) in [5.74, 6) is -2.96. The monoisotopic (exact) mass is 745 g/mol. The molecular weight excluding hydrogens is 701 g/mol. The van der Waals surface area contributed by atoms with Crippen molar-refractivity contribution in [2.45, 2.75) is 96.9 Å². The lowest BCUT2D eigenvalue weighted by Gasteiger charge is -2.38. The zero-order valence-electron chi connectivity index (χ0n) is 27.7. The lowest BCUT2D eigenvalue weighted by atomic mass is 9.99. The number of primary amides is 1. The Balaban J connectivity index is 2.31. The first-order valence-electron chi connectivity index (χ1n) is 14.6. The molecule has 4 N–H and O–H groups in total. The fourth-order valence-corrected chi connectivity index (χ4v) is 7.44. The number of carbonyl (C=O) groups excluding carboxylic acids is 3. The number of halogens is 2. The minimum atomic E-state index is -4.39. The van der Waals surface area contributed by atoms with E-state index in [2.05, 4.69) is 59.8 Å². The van der Waals surface area contributed by atoms with Crippen LogP contribution in [0.25, 0.3) is 0 Å². The molecule has 0 saturated carbocycles. The predicted octanol–water partition coefficient (Wildman–Crippen LogP) is 6.58. The second-order valence-corrected chi connectivity index (χ2v) is 20.9.